The first-order valence-corrected chi connectivity index (χ1v) is 13.6. The fourth-order valence-corrected chi connectivity index (χ4v) is 5.10. The van der Waals surface area contributed by atoms with E-state index in [4.69, 9.17) is 23.4 Å². The normalized spacial score (nSPS) is 22.5. The van der Waals surface area contributed by atoms with Gasteiger partial charge in [-0.2, -0.15) is 0 Å². The molecule has 7 heteroatoms. The summed E-state index contributed by atoms with van der Waals surface area (Å²) in [5.41, 5.74) is 4.98. The Hall–Kier alpha value is -3.10. The van der Waals surface area contributed by atoms with E-state index in [2.05, 4.69) is 6.92 Å². The minimum atomic E-state index is -0.952. The zero-order valence-electron chi connectivity index (χ0n) is 23.0. The highest BCUT2D eigenvalue weighted by molar-refractivity contribution is 5.33. The monoisotopic (exact) mass is 536 g/mol. The molecule has 1 aromatic heterocycles. The van der Waals surface area contributed by atoms with Gasteiger partial charge < -0.3 is 33.6 Å². The number of hydrogen-bond acceptors (Lipinski definition) is 7. The van der Waals surface area contributed by atoms with Crippen LogP contribution in [0.25, 0.3) is 0 Å². The third kappa shape index (κ3) is 7.73. The molecule has 0 bridgehead atoms. The third-order valence-electron chi connectivity index (χ3n) is 7.35. The summed E-state index contributed by atoms with van der Waals surface area (Å²) in [5, 5.41) is 22.3. The molecule has 4 atom stereocenters. The Morgan fingerprint density at radius 1 is 0.897 bits per heavy atom. The maximum Gasteiger partial charge on any atom is 0.118 e. The molecule has 0 fully saturated rings. The van der Waals surface area contributed by atoms with Crippen molar-refractivity contribution in [3.63, 3.8) is 0 Å². The molecule has 4 rings (SSSR count). The number of methoxy groups -OCH3 is 2. The molecule has 2 N–H and O–H groups in total. The summed E-state index contributed by atoms with van der Waals surface area (Å²) < 4.78 is 28.5. The Kier molecular flexibility index (Phi) is 10.6. The molecule has 3 aromatic rings. The lowest BCUT2D eigenvalue weighted by atomic mass is 9.85. The van der Waals surface area contributed by atoms with Gasteiger partial charge in [0.05, 0.1) is 64.9 Å². The van der Waals surface area contributed by atoms with E-state index < -0.39 is 18.3 Å². The number of aliphatic hydroxyl groups excluding tert-OH is 2. The van der Waals surface area contributed by atoms with Crippen LogP contribution in [0.3, 0.4) is 0 Å². The van der Waals surface area contributed by atoms with Crippen LogP contribution < -0.4 is 9.47 Å². The average molecular weight is 537 g/mol. The predicted octanol–water partition coefficient (Wildman–Crippen LogP) is 5.58. The highest BCUT2D eigenvalue weighted by atomic mass is 16.5. The van der Waals surface area contributed by atoms with Gasteiger partial charge in [-0.15, -0.1) is 0 Å². The highest BCUT2D eigenvalue weighted by Crippen LogP contribution is 2.36. The van der Waals surface area contributed by atoms with Crippen LogP contribution >= 0.6 is 0 Å². The van der Waals surface area contributed by atoms with Crippen LogP contribution in [0.4, 0.5) is 0 Å². The van der Waals surface area contributed by atoms with Crippen molar-refractivity contribution in [2.45, 2.75) is 70.1 Å². The first kappa shape index (κ1) is 28.9. The maximum absolute atomic E-state index is 11.2. The molecule has 0 saturated heterocycles. The van der Waals surface area contributed by atoms with Gasteiger partial charge in [-0.05, 0) is 64.9 Å². The molecule has 1 aliphatic rings. The fourth-order valence-electron chi connectivity index (χ4n) is 5.10. The van der Waals surface area contributed by atoms with Crippen LogP contribution in [0, 0.1) is 0 Å². The van der Waals surface area contributed by atoms with Crippen LogP contribution in [-0.2, 0) is 29.1 Å². The molecule has 0 aliphatic heterocycles. The van der Waals surface area contributed by atoms with Gasteiger partial charge in [-0.3, -0.25) is 0 Å². The lowest BCUT2D eigenvalue weighted by molar-refractivity contribution is -0.0384. The topological polar surface area (TPSA) is 90.5 Å². The maximum atomic E-state index is 11.2. The molecule has 0 radical (unpaired) electrons. The molecule has 2 aromatic carbocycles. The third-order valence-corrected chi connectivity index (χ3v) is 7.35. The van der Waals surface area contributed by atoms with Crippen molar-refractivity contribution in [1.82, 2.24) is 0 Å². The summed E-state index contributed by atoms with van der Waals surface area (Å²) in [6.45, 7) is 3.28. The van der Waals surface area contributed by atoms with Gasteiger partial charge in [0.25, 0.3) is 0 Å². The minimum Gasteiger partial charge on any atom is -0.497 e. The second-order valence-corrected chi connectivity index (χ2v) is 10.0. The van der Waals surface area contributed by atoms with Crippen molar-refractivity contribution in [3.05, 3.63) is 95.0 Å². The molecule has 210 valence electrons. The Morgan fingerprint density at radius 2 is 1.54 bits per heavy atom. The summed E-state index contributed by atoms with van der Waals surface area (Å²) in [4.78, 5) is 0. The van der Waals surface area contributed by atoms with Crippen molar-refractivity contribution in [3.8, 4) is 11.5 Å². The van der Waals surface area contributed by atoms with Gasteiger partial charge in [0.1, 0.15) is 11.5 Å². The van der Waals surface area contributed by atoms with E-state index in [0.717, 1.165) is 52.2 Å². The van der Waals surface area contributed by atoms with Gasteiger partial charge in [0.2, 0.25) is 0 Å². The van der Waals surface area contributed by atoms with Crippen molar-refractivity contribution in [2.24, 2.45) is 0 Å². The van der Waals surface area contributed by atoms with Crippen molar-refractivity contribution >= 4 is 0 Å². The van der Waals surface area contributed by atoms with E-state index >= 15 is 0 Å². The summed E-state index contributed by atoms with van der Waals surface area (Å²) in [6, 6.07) is 15.5. The molecule has 0 saturated carbocycles. The van der Waals surface area contributed by atoms with E-state index in [1.54, 1.807) is 26.7 Å². The Balaban J connectivity index is 1.55. The smallest absolute Gasteiger partial charge is 0.118 e. The molecular weight excluding hydrogens is 496 g/mol. The SMILES string of the molecule is CCC[C@H]1c2cocc2C/C(=C/COCc2ccc(OC)cc2)[C@H](OCc2ccc(OC)cc2)C[C@@H](O)[C@H]1O. The van der Waals surface area contributed by atoms with Crippen LogP contribution in [0.15, 0.2) is 77.1 Å². The van der Waals surface area contributed by atoms with Crippen LogP contribution in [0.2, 0.25) is 0 Å². The number of furan rings is 1. The summed E-state index contributed by atoms with van der Waals surface area (Å²) in [7, 11) is 3.29. The van der Waals surface area contributed by atoms with E-state index in [1.165, 1.54) is 0 Å². The second kappa shape index (κ2) is 14.3. The summed E-state index contributed by atoms with van der Waals surface area (Å²) in [5.74, 6) is 1.39. The molecule has 7 nitrogen and oxygen atoms in total. The number of aliphatic hydroxyl groups is 2. The summed E-state index contributed by atoms with van der Waals surface area (Å²) in [6.07, 6.45) is 5.73. The number of hydrogen-bond donors (Lipinski definition) is 2. The van der Waals surface area contributed by atoms with Crippen LogP contribution in [0.1, 0.15) is 54.4 Å². The van der Waals surface area contributed by atoms with Gasteiger partial charge in [-0.25, -0.2) is 0 Å². The Bertz CT molecular complexity index is 1170. The average Bonchev–Trinajstić information content (AvgIpc) is 3.43. The van der Waals surface area contributed by atoms with Gasteiger partial charge in [-0.1, -0.05) is 43.7 Å². The number of rotatable bonds is 11. The molecule has 1 aliphatic carbocycles. The van der Waals surface area contributed by atoms with Crippen LogP contribution in [-0.4, -0.2) is 49.4 Å². The first-order valence-electron chi connectivity index (χ1n) is 13.6. The molecule has 0 amide bonds. The fraction of sp³-hybridized carbons (Fsp3) is 0.438. The Labute approximate surface area is 231 Å². The lowest BCUT2D eigenvalue weighted by Gasteiger charge is -2.28. The number of ether oxygens (including phenoxy) is 4. The van der Waals surface area contributed by atoms with Crippen molar-refractivity contribution in [1.29, 1.82) is 0 Å². The predicted molar refractivity (Wildman–Crippen MR) is 149 cm³/mol. The Morgan fingerprint density at radius 3 is 2.15 bits per heavy atom. The summed E-state index contributed by atoms with van der Waals surface area (Å²) >= 11 is 0. The van der Waals surface area contributed by atoms with E-state index in [1.807, 2.05) is 54.6 Å². The van der Waals surface area contributed by atoms with E-state index in [-0.39, 0.29) is 12.3 Å². The highest BCUT2D eigenvalue weighted by Gasteiger charge is 2.34. The quantitative estimate of drug-likeness (QED) is 0.244. The minimum absolute atomic E-state index is 0.202. The number of fused-ring (bicyclic) bond motifs is 1. The van der Waals surface area contributed by atoms with Gasteiger partial charge in [0.15, 0.2) is 0 Å². The molecule has 0 spiro atoms. The van der Waals surface area contributed by atoms with Crippen molar-refractivity contribution < 1.29 is 33.6 Å². The van der Waals surface area contributed by atoms with Crippen molar-refractivity contribution in [2.75, 3.05) is 20.8 Å². The van der Waals surface area contributed by atoms with Gasteiger partial charge in [0, 0.05) is 12.3 Å². The van der Waals surface area contributed by atoms with Gasteiger partial charge >= 0.3 is 0 Å². The van der Waals surface area contributed by atoms with E-state index in [9.17, 15) is 10.2 Å². The zero-order chi connectivity index (χ0) is 27.6. The molecular formula is C32H40O7. The lowest BCUT2D eigenvalue weighted by Crippen LogP contribution is -2.35. The number of benzene rings is 2. The molecule has 1 heterocycles. The standard InChI is InChI=1S/C32H40O7/c1-4-5-28-29-21-38-20-25(29)16-24(14-15-37-18-22-6-10-26(35-2)11-7-22)31(17-30(33)32(28)34)39-19-23-8-12-27(36-3)13-9-23/h6-14,20-21,28,30-34H,4-5,15-19H2,1-3H3/b24-14-/t28-,30+,31+,32-/m0/s1. The molecule has 0 unspecified atom stereocenters. The largest absolute Gasteiger partial charge is 0.497 e. The zero-order valence-corrected chi connectivity index (χ0v) is 23.0. The van der Waals surface area contributed by atoms with E-state index in [0.29, 0.717) is 26.2 Å². The first-order chi connectivity index (χ1) is 19.0. The molecule has 39 heavy (non-hydrogen) atoms. The van der Waals surface area contributed by atoms with Crippen LogP contribution in [0.5, 0.6) is 11.5 Å². The second-order valence-electron chi connectivity index (χ2n) is 10.0.